The Hall–Kier alpha value is -3.15. The van der Waals surface area contributed by atoms with E-state index in [4.69, 9.17) is 9.47 Å². The van der Waals surface area contributed by atoms with Gasteiger partial charge in [0, 0.05) is 12.4 Å². The van der Waals surface area contributed by atoms with Gasteiger partial charge in [0.2, 0.25) is 0 Å². The Kier molecular flexibility index (Phi) is 7.36. The lowest BCUT2D eigenvalue weighted by atomic mass is 10.1. The summed E-state index contributed by atoms with van der Waals surface area (Å²) in [5.41, 5.74) is 1.93. The number of methoxy groups -OCH3 is 1. The second-order valence-corrected chi connectivity index (χ2v) is 5.30. The summed E-state index contributed by atoms with van der Waals surface area (Å²) in [6.07, 6.45) is 7.26. The van der Waals surface area contributed by atoms with E-state index in [9.17, 15) is 9.59 Å². The highest BCUT2D eigenvalue weighted by Crippen LogP contribution is 2.29. The number of carbonyl (C=O) groups is 2. The van der Waals surface area contributed by atoms with Crippen molar-refractivity contribution in [3.63, 3.8) is 0 Å². The molecular weight excluding hydrogens is 334 g/mol. The van der Waals surface area contributed by atoms with Crippen molar-refractivity contribution in [1.82, 2.24) is 4.98 Å². The fourth-order valence-corrected chi connectivity index (χ4v) is 2.13. The fraction of sp³-hybridized carbons (Fsp3) is 0.250. The molecule has 6 nitrogen and oxygen atoms in total. The van der Waals surface area contributed by atoms with Gasteiger partial charge in [-0.3, -0.25) is 14.6 Å². The first-order valence-corrected chi connectivity index (χ1v) is 8.25. The molecule has 6 heteroatoms. The number of hydrogen-bond acceptors (Lipinski definition) is 6. The van der Waals surface area contributed by atoms with E-state index in [0.717, 1.165) is 11.1 Å². The van der Waals surface area contributed by atoms with Gasteiger partial charge in [-0.05, 0) is 42.3 Å². The maximum Gasteiger partial charge on any atom is 0.311 e. The number of rotatable bonds is 8. The summed E-state index contributed by atoms with van der Waals surface area (Å²) in [4.78, 5) is 27.0. The standard InChI is InChI=1S/C20H21NO5/c1-3-25-18-14-16(5-4-15-10-12-21-13-11-15)6-7-17(18)26-20(23)9-8-19(22)24-2/h4-7,10-14H,3,8-9H2,1-2H3/b5-4+. The van der Waals surface area contributed by atoms with Crippen molar-refractivity contribution in [2.45, 2.75) is 19.8 Å². The topological polar surface area (TPSA) is 74.7 Å². The van der Waals surface area contributed by atoms with Crippen molar-refractivity contribution in [2.75, 3.05) is 13.7 Å². The Morgan fingerprint density at radius 3 is 2.35 bits per heavy atom. The van der Waals surface area contributed by atoms with Crippen LogP contribution in [0.2, 0.25) is 0 Å². The summed E-state index contributed by atoms with van der Waals surface area (Å²) in [5, 5.41) is 0. The number of carbonyl (C=O) groups excluding carboxylic acids is 2. The molecule has 0 bridgehead atoms. The van der Waals surface area contributed by atoms with E-state index >= 15 is 0 Å². The molecule has 0 saturated heterocycles. The molecular formula is C20H21NO5. The van der Waals surface area contributed by atoms with Crippen LogP contribution in [0.1, 0.15) is 30.9 Å². The van der Waals surface area contributed by atoms with Gasteiger partial charge in [0.05, 0.1) is 26.6 Å². The molecule has 1 heterocycles. The van der Waals surface area contributed by atoms with E-state index in [1.54, 1.807) is 24.5 Å². The van der Waals surface area contributed by atoms with E-state index in [-0.39, 0.29) is 12.8 Å². The second-order valence-electron chi connectivity index (χ2n) is 5.30. The van der Waals surface area contributed by atoms with Crippen molar-refractivity contribution in [3.8, 4) is 11.5 Å². The predicted molar refractivity (Wildman–Crippen MR) is 97.7 cm³/mol. The Labute approximate surface area is 152 Å². The molecule has 0 aliphatic rings. The Morgan fingerprint density at radius 2 is 1.65 bits per heavy atom. The van der Waals surface area contributed by atoms with Crippen LogP contribution >= 0.6 is 0 Å². The van der Waals surface area contributed by atoms with E-state index < -0.39 is 11.9 Å². The third kappa shape index (κ3) is 6.05. The molecule has 0 amide bonds. The quantitative estimate of drug-likeness (QED) is 0.533. The molecule has 0 radical (unpaired) electrons. The highest BCUT2D eigenvalue weighted by molar-refractivity contribution is 5.79. The number of benzene rings is 1. The zero-order chi connectivity index (χ0) is 18.8. The molecule has 0 fully saturated rings. The summed E-state index contributed by atoms with van der Waals surface area (Å²) in [6.45, 7) is 2.28. The minimum atomic E-state index is -0.517. The van der Waals surface area contributed by atoms with Gasteiger partial charge in [-0.1, -0.05) is 18.2 Å². The highest BCUT2D eigenvalue weighted by Gasteiger charge is 2.13. The lowest BCUT2D eigenvalue weighted by molar-refractivity contribution is -0.144. The Balaban J connectivity index is 2.09. The number of pyridine rings is 1. The molecule has 2 rings (SSSR count). The van der Waals surface area contributed by atoms with Gasteiger partial charge < -0.3 is 14.2 Å². The molecule has 0 N–H and O–H groups in total. The first kappa shape index (κ1) is 19.2. The molecule has 26 heavy (non-hydrogen) atoms. The van der Waals surface area contributed by atoms with Gasteiger partial charge in [0.25, 0.3) is 0 Å². The first-order valence-electron chi connectivity index (χ1n) is 8.25. The zero-order valence-electron chi connectivity index (χ0n) is 14.8. The number of hydrogen-bond donors (Lipinski definition) is 0. The number of ether oxygens (including phenoxy) is 3. The van der Waals surface area contributed by atoms with Crippen LogP contribution in [0.4, 0.5) is 0 Å². The molecule has 0 aliphatic heterocycles. The zero-order valence-corrected chi connectivity index (χ0v) is 14.8. The number of aromatic nitrogens is 1. The summed E-state index contributed by atoms with van der Waals surface area (Å²) in [7, 11) is 1.28. The molecule has 1 aromatic carbocycles. The second kappa shape index (κ2) is 9.98. The minimum Gasteiger partial charge on any atom is -0.490 e. The summed E-state index contributed by atoms with van der Waals surface area (Å²) in [6, 6.07) is 9.09. The van der Waals surface area contributed by atoms with Crippen molar-refractivity contribution in [1.29, 1.82) is 0 Å². The maximum atomic E-state index is 11.9. The number of nitrogens with zero attached hydrogens (tertiary/aromatic N) is 1. The molecule has 136 valence electrons. The van der Waals surface area contributed by atoms with Gasteiger partial charge in [-0.2, -0.15) is 0 Å². The fourth-order valence-electron chi connectivity index (χ4n) is 2.13. The van der Waals surface area contributed by atoms with E-state index in [1.165, 1.54) is 7.11 Å². The summed E-state index contributed by atoms with van der Waals surface area (Å²) < 4.78 is 15.4. The van der Waals surface area contributed by atoms with E-state index in [0.29, 0.717) is 18.1 Å². The van der Waals surface area contributed by atoms with E-state index in [1.807, 2.05) is 37.3 Å². The number of esters is 2. The van der Waals surface area contributed by atoms with Crippen LogP contribution in [0, 0.1) is 0 Å². The first-order chi connectivity index (χ1) is 12.6. The Bertz CT molecular complexity index is 771. The Morgan fingerprint density at radius 1 is 0.962 bits per heavy atom. The normalized spacial score (nSPS) is 10.5. The van der Waals surface area contributed by atoms with Crippen molar-refractivity contribution >= 4 is 24.1 Å². The largest absolute Gasteiger partial charge is 0.490 e. The van der Waals surface area contributed by atoms with Gasteiger partial charge in [0.1, 0.15) is 0 Å². The van der Waals surface area contributed by atoms with Gasteiger partial charge in [0.15, 0.2) is 11.5 Å². The van der Waals surface area contributed by atoms with Gasteiger partial charge in [-0.25, -0.2) is 0 Å². The molecule has 0 unspecified atom stereocenters. The van der Waals surface area contributed by atoms with Crippen LogP contribution < -0.4 is 9.47 Å². The lowest BCUT2D eigenvalue weighted by Crippen LogP contribution is -2.12. The van der Waals surface area contributed by atoms with Crippen LogP contribution in [0.3, 0.4) is 0 Å². The van der Waals surface area contributed by atoms with Crippen LogP contribution in [0.15, 0.2) is 42.7 Å². The SMILES string of the molecule is CCOc1cc(/C=C/c2ccncc2)ccc1OC(=O)CCC(=O)OC. The smallest absolute Gasteiger partial charge is 0.311 e. The van der Waals surface area contributed by atoms with Crippen molar-refractivity contribution in [2.24, 2.45) is 0 Å². The highest BCUT2D eigenvalue weighted by atomic mass is 16.6. The minimum absolute atomic E-state index is 0.0218. The van der Waals surface area contributed by atoms with Crippen molar-refractivity contribution < 1.29 is 23.8 Å². The maximum absolute atomic E-state index is 11.9. The average Bonchev–Trinajstić information content (AvgIpc) is 2.67. The van der Waals surface area contributed by atoms with Crippen LogP contribution in [-0.2, 0) is 14.3 Å². The summed E-state index contributed by atoms with van der Waals surface area (Å²) in [5.74, 6) is -0.182. The van der Waals surface area contributed by atoms with Crippen LogP contribution in [0.25, 0.3) is 12.2 Å². The van der Waals surface area contributed by atoms with Crippen LogP contribution in [-0.4, -0.2) is 30.6 Å². The van der Waals surface area contributed by atoms with Gasteiger partial charge >= 0.3 is 11.9 Å². The molecule has 2 aromatic rings. The molecule has 1 aromatic heterocycles. The molecule has 0 atom stereocenters. The molecule has 0 spiro atoms. The predicted octanol–water partition coefficient (Wildman–Crippen LogP) is 3.51. The van der Waals surface area contributed by atoms with Crippen molar-refractivity contribution in [3.05, 3.63) is 53.9 Å². The third-order valence-electron chi connectivity index (χ3n) is 3.43. The monoisotopic (exact) mass is 355 g/mol. The lowest BCUT2D eigenvalue weighted by Gasteiger charge is -2.11. The third-order valence-corrected chi connectivity index (χ3v) is 3.43. The van der Waals surface area contributed by atoms with E-state index in [2.05, 4.69) is 9.72 Å². The van der Waals surface area contributed by atoms with Crippen LogP contribution in [0.5, 0.6) is 11.5 Å². The summed E-state index contributed by atoms with van der Waals surface area (Å²) >= 11 is 0. The average molecular weight is 355 g/mol. The molecule has 0 saturated carbocycles. The molecule has 0 aliphatic carbocycles. The van der Waals surface area contributed by atoms with Gasteiger partial charge in [-0.15, -0.1) is 0 Å².